The highest BCUT2D eigenvalue weighted by molar-refractivity contribution is 14.1. The van der Waals surface area contributed by atoms with Gasteiger partial charge in [-0.3, -0.25) is 14.9 Å². The molecular weight excluding hydrogens is 477 g/mol. The first-order chi connectivity index (χ1) is 13.5. The molecule has 0 fully saturated rings. The summed E-state index contributed by atoms with van der Waals surface area (Å²) in [6.07, 6.45) is 1.36. The fourth-order valence-electron chi connectivity index (χ4n) is 2.27. The number of halogens is 1. The van der Waals surface area contributed by atoms with Gasteiger partial charge in [-0.25, -0.2) is 5.43 Å². The highest BCUT2D eigenvalue weighted by atomic mass is 127. The minimum atomic E-state index is -0.576. The number of hydrogen-bond acceptors (Lipinski definition) is 6. The predicted octanol–water partition coefficient (Wildman–Crippen LogP) is 3.99. The maximum atomic E-state index is 11.8. The first kappa shape index (κ1) is 19.5. The van der Waals surface area contributed by atoms with Crippen LogP contribution >= 0.6 is 22.6 Å². The lowest BCUT2D eigenvalue weighted by Crippen LogP contribution is -2.24. The maximum Gasteiger partial charge on any atom is 0.310 e. The topological polar surface area (TPSA) is 107 Å². The Morgan fingerprint density at radius 3 is 2.68 bits per heavy atom. The van der Waals surface area contributed by atoms with Gasteiger partial charge in [0.2, 0.25) is 0 Å². The van der Waals surface area contributed by atoms with Crippen LogP contribution in [-0.4, -0.2) is 23.7 Å². The summed E-state index contributed by atoms with van der Waals surface area (Å²) in [5.41, 5.74) is 3.00. The summed E-state index contributed by atoms with van der Waals surface area (Å²) < 4.78 is 12.0. The van der Waals surface area contributed by atoms with Gasteiger partial charge in [0.05, 0.1) is 11.1 Å². The Balaban J connectivity index is 1.53. The third-order valence-corrected chi connectivity index (χ3v) is 4.28. The summed E-state index contributed by atoms with van der Waals surface area (Å²) in [5, 5.41) is 14.7. The highest BCUT2D eigenvalue weighted by Gasteiger charge is 2.14. The number of amides is 1. The van der Waals surface area contributed by atoms with Gasteiger partial charge in [0.15, 0.2) is 12.4 Å². The van der Waals surface area contributed by atoms with Crippen molar-refractivity contribution in [3.05, 3.63) is 80.1 Å². The number of benzene rings is 2. The Morgan fingerprint density at radius 2 is 1.93 bits per heavy atom. The van der Waals surface area contributed by atoms with Crippen LogP contribution in [0.4, 0.5) is 5.69 Å². The molecule has 0 aliphatic heterocycles. The van der Waals surface area contributed by atoms with E-state index in [2.05, 4.69) is 33.1 Å². The van der Waals surface area contributed by atoms with E-state index in [-0.39, 0.29) is 11.4 Å². The van der Waals surface area contributed by atoms with Gasteiger partial charge in [-0.1, -0.05) is 24.3 Å². The molecule has 28 heavy (non-hydrogen) atoms. The van der Waals surface area contributed by atoms with Crippen LogP contribution in [0.3, 0.4) is 0 Å². The molecule has 0 radical (unpaired) electrons. The highest BCUT2D eigenvalue weighted by Crippen LogP contribution is 2.25. The van der Waals surface area contributed by atoms with E-state index in [4.69, 9.17) is 9.15 Å². The van der Waals surface area contributed by atoms with E-state index in [1.807, 2.05) is 30.3 Å². The summed E-state index contributed by atoms with van der Waals surface area (Å²) in [6.45, 7) is -0.408. The minimum absolute atomic E-state index is 0.0137. The number of hydrazone groups is 1. The molecule has 0 atom stereocenters. The van der Waals surface area contributed by atoms with Crippen molar-refractivity contribution in [3.8, 4) is 17.1 Å². The van der Waals surface area contributed by atoms with E-state index in [9.17, 15) is 14.9 Å². The molecule has 0 unspecified atom stereocenters. The third-order valence-electron chi connectivity index (χ3n) is 3.56. The van der Waals surface area contributed by atoms with E-state index in [1.165, 1.54) is 24.4 Å². The standard InChI is InChI=1S/C19H14IN3O5/c20-14-7-5-13(6-8-14)17-10-9-15(28-17)11-21-22-19(24)12-27-18-4-2-1-3-16(18)23(25)26/h1-11H,12H2,(H,22,24)/b21-11-. The van der Waals surface area contributed by atoms with Crippen LogP contribution in [0.25, 0.3) is 11.3 Å². The molecule has 9 heteroatoms. The van der Waals surface area contributed by atoms with Crippen molar-refractivity contribution < 1.29 is 18.9 Å². The molecule has 0 spiro atoms. The number of nitrogens with zero attached hydrogens (tertiary/aromatic N) is 2. The largest absolute Gasteiger partial charge is 0.477 e. The summed E-state index contributed by atoms with van der Waals surface area (Å²) in [7, 11) is 0. The summed E-state index contributed by atoms with van der Waals surface area (Å²) in [5.74, 6) is 0.607. The number of carbonyl (C=O) groups is 1. The zero-order valence-electron chi connectivity index (χ0n) is 14.4. The van der Waals surface area contributed by atoms with Gasteiger partial charge in [-0.15, -0.1) is 0 Å². The van der Waals surface area contributed by atoms with E-state index in [0.717, 1.165) is 9.13 Å². The maximum absolute atomic E-state index is 11.8. The molecule has 1 N–H and O–H groups in total. The van der Waals surface area contributed by atoms with E-state index < -0.39 is 17.4 Å². The molecule has 3 rings (SSSR count). The number of carbonyl (C=O) groups excluding carboxylic acids is 1. The molecule has 0 aliphatic carbocycles. The second-order valence-corrected chi connectivity index (χ2v) is 6.76. The van der Waals surface area contributed by atoms with Gasteiger partial charge in [0.25, 0.3) is 5.91 Å². The second-order valence-electron chi connectivity index (χ2n) is 5.52. The second kappa shape index (κ2) is 9.13. The molecular formula is C19H14IN3O5. The van der Waals surface area contributed by atoms with Crippen LogP contribution in [0, 0.1) is 13.7 Å². The molecule has 142 valence electrons. The van der Waals surface area contributed by atoms with Crippen molar-refractivity contribution in [2.45, 2.75) is 0 Å². The van der Waals surface area contributed by atoms with Gasteiger partial charge in [0, 0.05) is 15.2 Å². The fraction of sp³-hybridized carbons (Fsp3) is 0.0526. The van der Waals surface area contributed by atoms with Crippen LogP contribution in [0.2, 0.25) is 0 Å². The molecule has 3 aromatic rings. The Kier molecular flexibility index (Phi) is 6.37. The number of rotatable bonds is 7. The molecule has 0 saturated heterocycles. The number of ether oxygens (including phenoxy) is 1. The molecule has 0 bridgehead atoms. The minimum Gasteiger partial charge on any atom is -0.477 e. The lowest BCUT2D eigenvalue weighted by Gasteiger charge is -2.05. The van der Waals surface area contributed by atoms with E-state index >= 15 is 0 Å². The van der Waals surface area contributed by atoms with Crippen LogP contribution in [-0.2, 0) is 4.79 Å². The summed E-state index contributed by atoms with van der Waals surface area (Å²) in [6, 6.07) is 17.2. The molecule has 1 aromatic heterocycles. The molecule has 1 heterocycles. The fourth-order valence-corrected chi connectivity index (χ4v) is 2.62. The summed E-state index contributed by atoms with van der Waals surface area (Å²) >= 11 is 2.23. The average molecular weight is 491 g/mol. The Bertz CT molecular complexity index is 1010. The average Bonchev–Trinajstić information content (AvgIpc) is 3.16. The van der Waals surface area contributed by atoms with Crippen molar-refractivity contribution in [2.75, 3.05) is 6.61 Å². The van der Waals surface area contributed by atoms with Crippen molar-refractivity contribution in [1.82, 2.24) is 5.43 Å². The molecule has 8 nitrogen and oxygen atoms in total. The smallest absolute Gasteiger partial charge is 0.310 e. The monoisotopic (exact) mass is 491 g/mol. The van der Waals surface area contributed by atoms with Gasteiger partial charge < -0.3 is 9.15 Å². The van der Waals surface area contributed by atoms with Gasteiger partial charge in [-0.2, -0.15) is 5.10 Å². The lowest BCUT2D eigenvalue weighted by atomic mass is 10.2. The third kappa shape index (κ3) is 5.16. The van der Waals surface area contributed by atoms with E-state index in [0.29, 0.717) is 11.5 Å². The van der Waals surface area contributed by atoms with Crippen molar-refractivity contribution in [2.24, 2.45) is 5.10 Å². The normalized spacial score (nSPS) is 10.8. The zero-order valence-corrected chi connectivity index (χ0v) is 16.5. The SMILES string of the molecule is O=C(COc1ccccc1[N+](=O)[O-])N/N=C\c1ccc(-c2ccc(I)cc2)o1. The van der Waals surface area contributed by atoms with E-state index in [1.54, 1.807) is 12.1 Å². The number of furan rings is 1. The van der Waals surface area contributed by atoms with Gasteiger partial charge in [0.1, 0.15) is 11.5 Å². The van der Waals surface area contributed by atoms with Gasteiger partial charge in [-0.05, 0) is 52.9 Å². The predicted molar refractivity (Wildman–Crippen MR) is 111 cm³/mol. The van der Waals surface area contributed by atoms with Crippen LogP contribution < -0.4 is 10.2 Å². The number of hydrogen-bond donors (Lipinski definition) is 1. The first-order valence-corrected chi connectivity index (χ1v) is 9.15. The van der Waals surface area contributed by atoms with Crippen LogP contribution in [0.5, 0.6) is 5.75 Å². The number of nitro benzene ring substituents is 1. The lowest BCUT2D eigenvalue weighted by molar-refractivity contribution is -0.385. The Labute approximate surface area is 173 Å². The Hall–Kier alpha value is -3.21. The van der Waals surface area contributed by atoms with Crippen molar-refractivity contribution >= 4 is 40.4 Å². The molecule has 1 amide bonds. The zero-order chi connectivity index (χ0) is 19.9. The summed E-state index contributed by atoms with van der Waals surface area (Å²) in [4.78, 5) is 22.1. The molecule has 2 aromatic carbocycles. The molecule has 0 aliphatic rings. The quantitative estimate of drug-likeness (QED) is 0.233. The Morgan fingerprint density at radius 1 is 1.18 bits per heavy atom. The van der Waals surface area contributed by atoms with Crippen LogP contribution in [0.15, 0.2) is 70.2 Å². The van der Waals surface area contributed by atoms with Crippen LogP contribution in [0.1, 0.15) is 5.76 Å². The van der Waals surface area contributed by atoms with Crippen molar-refractivity contribution in [3.63, 3.8) is 0 Å². The molecule has 0 saturated carbocycles. The number of para-hydroxylation sites is 2. The van der Waals surface area contributed by atoms with Gasteiger partial charge >= 0.3 is 5.69 Å². The first-order valence-electron chi connectivity index (χ1n) is 8.07. The van der Waals surface area contributed by atoms with Crippen molar-refractivity contribution in [1.29, 1.82) is 0 Å². The number of nitrogens with one attached hydrogen (secondary N) is 1. The number of nitro groups is 1.